The van der Waals surface area contributed by atoms with E-state index < -0.39 is 6.61 Å². The van der Waals surface area contributed by atoms with Crippen LogP contribution < -0.4 is 0 Å². The SMILES string of the molecule is O=C(CO)N1CCc2[nH]c3c(Cl)c(Cl)cc(-c4ccn[nH]4)c3c2C1. The number of hydrogen-bond acceptors (Lipinski definition) is 3. The van der Waals surface area contributed by atoms with E-state index in [4.69, 9.17) is 28.3 Å². The highest BCUT2D eigenvalue weighted by atomic mass is 35.5. The number of rotatable bonds is 2. The van der Waals surface area contributed by atoms with Crippen molar-refractivity contribution in [1.29, 1.82) is 0 Å². The molecule has 1 amide bonds. The van der Waals surface area contributed by atoms with Gasteiger partial charge in [-0.15, -0.1) is 0 Å². The van der Waals surface area contributed by atoms with Crippen molar-refractivity contribution in [3.63, 3.8) is 0 Å². The minimum atomic E-state index is -0.488. The van der Waals surface area contributed by atoms with Crippen molar-refractivity contribution in [2.75, 3.05) is 13.2 Å². The van der Waals surface area contributed by atoms with E-state index in [1.54, 1.807) is 17.2 Å². The van der Waals surface area contributed by atoms with E-state index in [0.717, 1.165) is 33.4 Å². The first-order valence-electron chi connectivity index (χ1n) is 7.50. The molecule has 0 saturated carbocycles. The van der Waals surface area contributed by atoms with Crippen molar-refractivity contribution in [2.45, 2.75) is 13.0 Å². The smallest absolute Gasteiger partial charge is 0.248 e. The molecule has 0 aliphatic carbocycles. The zero-order chi connectivity index (χ0) is 16.8. The number of aliphatic hydroxyl groups is 1. The molecule has 1 aliphatic rings. The molecule has 0 fully saturated rings. The molecule has 0 radical (unpaired) electrons. The van der Waals surface area contributed by atoms with Gasteiger partial charge in [0.15, 0.2) is 0 Å². The summed E-state index contributed by atoms with van der Waals surface area (Å²) in [6.45, 7) is 0.495. The number of nitrogens with zero attached hydrogens (tertiary/aromatic N) is 2. The third-order valence-electron chi connectivity index (χ3n) is 4.42. The zero-order valence-electron chi connectivity index (χ0n) is 12.6. The summed E-state index contributed by atoms with van der Waals surface area (Å²) in [5.74, 6) is -0.279. The van der Waals surface area contributed by atoms with Gasteiger partial charge < -0.3 is 15.0 Å². The first kappa shape index (κ1) is 15.5. The number of aromatic amines is 2. The van der Waals surface area contributed by atoms with Gasteiger partial charge in [0, 0.05) is 47.9 Å². The van der Waals surface area contributed by atoms with Crippen molar-refractivity contribution in [3.8, 4) is 11.3 Å². The van der Waals surface area contributed by atoms with Crippen LogP contribution in [0.4, 0.5) is 0 Å². The van der Waals surface area contributed by atoms with Crippen molar-refractivity contribution in [2.24, 2.45) is 0 Å². The van der Waals surface area contributed by atoms with E-state index in [9.17, 15) is 4.79 Å². The average molecular weight is 365 g/mol. The summed E-state index contributed by atoms with van der Waals surface area (Å²) in [4.78, 5) is 16.9. The van der Waals surface area contributed by atoms with Gasteiger partial charge in [0.2, 0.25) is 5.91 Å². The Morgan fingerprint density at radius 1 is 1.42 bits per heavy atom. The van der Waals surface area contributed by atoms with Gasteiger partial charge in [0.1, 0.15) is 6.61 Å². The van der Waals surface area contributed by atoms with Crippen molar-refractivity contribution >= 4 is 40.0 Å². The van der Waals surface area contributed by atoms with Gasteiger partial charge in [0.25, 0.3) is 0 Å². The monoisotopic (exact) mass is 364 g/mol. The highest BCUT2D eigenvalue weighted by Crippen LogP contribution is 2.41. The van der Waals surface area contributed by atoms with Crippen LogP contribution in [-0.2, 0) is 17.8 Å². The minimum Gasteiger partial charge on any atom is -0.387 e. The van der Waals surface area contributed by atoms with Crippen LogP contribution in [-0.4, -0.2) is 44.2 Å². The summed E-state index contributed by atoms with van der Waals surface area (Å²) in [5.41, 5.74) is 4.51. The number of carbonyl (C=O) groups is 1. The second-order valence-corrected chi connectivity index (χ2v) is 6.53. The number of nitrogens with one attached hydrogen (secondary N) is 2. The van der Waals surface area contributed by atoms with Crippen molar-refractivity contribution < 1.29 is 9.90 Å². The van der Waals surface area contributed by atoms with Gasteiger partial charge in [-0.2, -0.15) is 5.10 Å². The number of halogens is 2. The van der Waals surface area contributed by atoms with Crippen LogP contribution in [0.5, 0.6) is 0 Å². The van der Waals surface area contributed by atoms with E-state index in [1.807, 2.05) is 6.07 Å². The molecule has 124 valence electrons. The molecular weight excluding hydrogens is 351 g/mol. The van der Waals surface area contributed by atoms with Crippen LogP contribution in [0, 0.1) is 0 Å². The molecule has 2 aromatic heterocycles. The second-order valence-electron chi connectivity index (χ2n) is 5.75. The summed E-state index contributed by atoms with van der Waals surface area (Å²) >= 11 is 12.7. The van der Waals surface area contributed by atoms with Crippen molar-refractivity contribution in [1.82, 2.24) is 20.1 Å². The Bertz CT molecular complexity index is 934. The fraction of sp³-hybridized carbons (Fsp3) is 0.250. The summed E-state index contributed by atoms with van der Waals surface area (Å²) in [6.07, 6.45) is 2.34. The van der Waals surface area contributed by atoms with Crippen molar-refractivity contribution in [3.05, 3.63) is 39.6 Å². The largest absolute Gasteiger partial charge is 0.387 e. The lowest BCUT2D eigenvalue weighted by Gasteiger charge is -2.26. The number of fused-ring (bicyclic) bond motifs is 3. The second kappa shape index (κ2) is 5.81. The Balaban J connectivity index is 1.96. The lowest BCUT2D eigenvalue weighted by Crippen LogP contribution is -2.37. The van der Waals surface area contributed by atoms with Crippen LogP contribution in [0.3, 0.4) is 0 Å². The maximum absolute atomic E-state index is 11.9. The number of amides is 1. The summed E-state index contributed by atoms with van der Waals surface area (Å²) in [6, 6.07) is 3.67. The standard InChI is InChI=1S/C16H14Cl2N4O2/c17-10-5-8(12-1-3-19-21-12)14-9-6-22(13(24)7-23)4-2-11(9)20-16(14)15(10)18/h1,3,5,20,23H,2,4,6-7H2,(H,19,21). The molecule has 6 nitrogen and oxygen atoms in total. The molecule has 24 heavy (non-hydrogen) atoms. The molecule has 3 N–H and O–H groups in total. The van der Waals surface area contributed by atoms with Gasteiger partial charge in [0.05, 0.1) is 21.3 Å². The van der Waals surface area contributed by atoms with E-state index in [0.29, 0.717) is 29.6 Å². The van der Waals surface area contributed by atoms with Crippen LogP contribution >= 0.6 is 23.2 Å². The van der Waals surface area contributed by atoms with Gasteiger partial charge >= 0.3 is 0 Å². The Kier molecular flexibility index (Phi) is 3.75. The van der Waals surface area contributed by atoms with Crippen LogP contribution in [0.2, 0.25) is 10.0 Å². The number of hydrogen-bond donors (Lipinski definition) is 3. The molecule has 1 aliphatic heterocycles. The lowest BCUT2D eigenvalue weighted by molar-refractivity contribution is -0.135. The molecule has 4 rings (SSSR count). The third kappa shape index (κ3) is 2.30. The highest BCUT2D eigenvalue weighted by molar-refractivity contribution is 6.45. The number of benzene rings is 1. The fourth-order valence-electron chi connectivity index (χ4n) is 3.27. The Labute approximate surface area is 147 Å². The quantitative estimate of drug-likeness (QED) is 0.653. The maximum atomic E-state index is 11.9. The Morgan fingerprint density at radius 3 is 2.96 bits per heavy atom. The van der Waals surface area contributed by atoms with Gasteiger partial charge in [-0.05, 0) is 12.1 Å². The zero-order valence-corrected chi connectivity index (χ0v) is 14.1. The molecule has 0 spiro atoms. The van der Waals surface area contributed by atoms with Gasteiger partial charge in [-0.3, -0.25) is 9.89 Å². The highest BCUT2D eigenvalue weighted by Gasteiger charge is 2.27. The average Bonchev–Trinajstić information content (AvgIpc) is 3.24. The normalized spacial score (nSPS) is 14.2. The maximum Gasteiger partial charge on any atom is 0.248 e. The Hall–Kier alpha value is -2.02. The summed E-state index contributed by atoms with van der Waals surface area (Å²) in [5, 5.41) is 17.9. The third-order valence-corrected chi connectivity index (χ3v) is 5.21. The first-order chi connectivity index (χ1) is 11.6. The van der Waals surface area contributed by atoms with Crippen LogP contribution in [0.25, 0.3) is 22.2 Å². The topological polar surface area (TPSA) is 85.0 Å². The van der Waals surface area contributed by atoms with Gasteiger partial charge in [-0.25, -0.2) is 0 Å². The van der Waals surface area contributed by atoms with Crippen LogP contribution in [0.1, 0.15) is 11.3 Å². The van der Waals surface area contributed by atoms with E-state index >= 15 is 0 Å². The predicted octanol–water partition coefficient (Wildman–Crippen LogP) is 2.74. The predicted molar refractivity (Wildman–Crippen MR) is 92.1 cm³/mol. The minimum absolute atomic E-state index is 0.279. The molecule has 0 unspecified atom stereocenters. The fourth-order valence-corrected chi connectivity index (χ4v) is 3.67. The van der Waals surface area contributed by atoms with E-state index in [1.165, 1.54) is 0 Å². The van der Waals surface area contributed by atoms with Gasteiger partial charge in [-0.1, -0.05) is 23.2 Å². The Morgan fingerprint density at radius 2 is 2.25 bits per heavy atom. The molecule has 3 aromatic rings. The number of aliphatic hydroxyl groups excluding tert-OH is 1. The lowest BCUT2D eigenvalue weighted by atomic mass is 9.99. The van der Waals surface area contributed by atoms with E-state index in [2.05, 4.69) is 15.2 Å². The molecule has 8 heteroatoms. The van der Waals surface area contributed by atoms with E-state index in [-0.39, 0.29) is 5.91 Å². The number of carbonyl (C=O) groups excluding carboxylic acids is 1. The van der Waals surface area contributed by atoms with Crippen LogP contribution in [0.15, 0.2) is 18.3 Å². The molecule has 0 saturated heterocycles. The first-order valence-corrected chi connectivity index (χ1v) is 8.25. The molecule has 3 heterocycles. The molecular formula is C16H14Cl2N4O2. The number of aromatic nitrogens is 3. The molecule has 1 aromatic carbocycles. The number of H-pyrrole nitrogens is 2. The molecule has 0 bridgehead atoms. The summed E-state index contributed by atoms with van der Waals surface area (Å²) < 4.78 is 0. The molecule has 0 atom stereocenters. The summed E-state index contributed by atoms with van der Waals surface area (Å²) in [7, 11) is 0.